The highest BCUT2D eigenvalue weighted by atomic mass is 32.2. The molecule has 1 aromatic heterocycles. The average Bonchev–Trinajstić information content (AvgIpc) is 3.34. The minimum atomic E-state index is -0.412. The van der Waals surface area contributed by atoms with E-state index in [4.69, 9.17) is 0 Å². The van der Waals surface area contributed by atoms with E-state index in [2.05, 4.69) is 10.1 Å². The highest BCUT2D eigenvalue weighted by Crippen LogP contribution is 2.38. The molecule has 6 nitrogen and oxygen atoms in total. The summed E-state index contributed by atoms with van der Waals surface area (Å²) in [7, 11) is 0. The van der Waals surface area contributed by atoms with Crippen LogP contribution in [0, 0.1) is 18.3 Å². The fourth-order valence-electron chi connectivity index (χ4n) is 3.04. The summed E-state index contributed by atoms with van der Waals surface area (Å²) in [5.74, 6) is -0.636. The zero-order valence-corrected chi connectivity index (χ0v) is 16.6. The van der Waals surface area contributed by atoms with Crippen LogP contribution in [0.2, 0.25) is 0 Å². The van der Waals surface area contributed by atoms with Crippen molar-refractivity contribution in [2.45, 2.75) is 13.8 Å². The number of hydrazone groups is 1. The highest BCUT2D eigenvalue weighted by Gasteiger charge is 2.32. The number of Topliss-reactive ketones (excluding diaryl/α,β-unsaturated/α-hetero) is 2. The Morgan fingerprint density at radius 3 is 2.55 bits per heavy atom. The first kappa shape index (κ1) is 18.7. The molecular formula is C22H16N4O2S. The van der Waals surface area contributed by atoms with Crippen LogP contribution in [-0.4, -0.2) is 21.6 Å². The minimum absolute atomic E-state index is 0.0553. The van der Waals surface area contributed by atoms with Crippen molar-refractivity contribution in [2.24, 2.45) is 5.10 Å². The summed E-state index contributed by atoms with van der Waals surface area (Å²) >= 11 is 1.04. The summed E-state index contributed by atoms with van der Waals surface area (Å²) in [5, 5.41) is 17.0. The zero-order valence-electron chi connectivity index (χ0n) is 15.8. The van der Waals surface area contributed by atoms with Gasteiger partial charge in [-0.2, -0.15) is 10.4 Å². The molecule has 1 aliphatic rings. The lowest BCUT2D eigenvalue weighted by atomic mass is 10.0. The van der Waals surface area contributed by atoms with Crippen LogP contribution in [0.5, 0.6) is 0 Å². The highest BCUT2D eigenvalue weighted by molar-refractivity contribution is 8.19. The van der Waals surface area contributed by atoms with Crippen molar-refractivity contribution in [2.75, 3.05) is 5.01 Å². The molecule has 0 fully saturated rings. The number of anilines is 1. The van der Waals surface area contributed by atoms with Crippen LogP contribution >= 0.6 is 11.8 Å². The fourth-order valence-corrected chi connectivity index (χ4v) is 3.96. The number of hydrogen-bond donors (Lipinski definition) is 1. The number of nitrogens with zero attached hydrogens (tertiary/aromatic N) is 3. The quantitative estimate of drug-likeness (QED) is 0.394. The van der Waals surface area contributed by atoms with Gasteiger partial charge in [0.2, 0.25) is 5.78 Å². The van der Waals surface area contributed by atoms with E-state index in [9.17, 15) is 14.9 Å². The Bertz CT molecular complexity index is 1250. The summed E-state index contributed by atoms with van der Waals surface area (Å²) in [5.41, 5.74) is 2.91. The van der Waals surface area contributed by atoms with Crippen LogP contribution in [0.25, 0.3) is 10.9 Å². The molecule has 142 valence electrons. The molecule has 1 aliphatic heterocycles. The molecule has 0 radical (unpaired) electrons. The van der Waals surface area contributed by atoms with Gasteiger partial charge in [0.25, 0.3) is 0 Å². The number of H-pyrrole nitrogens is 1. The molecule has 0 unspecified atom stereocenters. The van der Waals surface area contributed by atoms with E-state index < -0.39 is 5.78 Å². The number of nitriles is 1. The van der Waals surface area contributed by atoms with Crippen LogP contribution in [0.4, 0.5) is 5.69 Å². The van der Waals surface area contributed by atoms with Crippen LogP contribution in [0.15, 0.2) is 70.4 Å². The maximum Gasteiger partial charge on any atom is 0.208 e. The van der Waals surface area contributed by atoms with E-state index in [0.717, 1.165) is 28.2 Å². The van der Waals surface area contributed by atoms with E-state index in [1.165, 1.54) is 11.9 Å². The van der Waals surface area contributed by atoms with Gasteiger partial charge in [-0.05, 0) is 36.9 Å². The van der Waals surface area contributed by atoms with Gasteiger partial charge in [0, 0.05) is 29.6 Å². The minimum Gasteiger partial charge on any atom is -0.360 e. The van der Waals surface area contributed by atoms with Crippen LogP contribution in [0.3, 0.4) is 0 Å². The molecular weight excluding hydrogens is 384 g/mol. The van der Waals surface area contributed by atoms with Crippen molar-refractivity contribution >= 4 is 45.0 Å². The van der Waals surface area contributed by atoms with E-state index in [0.29, 0.717) is 16.3 Å². The van der Waals surface area contributed by atoms with Crippen molar-refractivity contribution in [1.29, 1.82) is 5.26 Å². The maximum atomic E-state index is 13.3. The van der Waals surface area contributed by atoms with Gasteiger partial charge in [0.05, 0.1) is 5.69 Å². The number of carbonyl (C=O) groups is 2. The predicted molar refractivity (Wildman–Crippen MR) is 115 cm³/mol. The van der Waals surface area contributed by atoms with E-state index in [-0.39, 0.29) is 16.4 Å². The monoisotopic (exact) mass is 400 g/mol. The standard InChI is InChI=1S/C22H16N4O2S/c1-13-7-9-15(10-8-13)26-22(29-21(25-26)14(2)27)17(11-23)20(28)18-12-24-19-6-4-3-5-16(18)19/h3-10,12,24H,1-2H3/b22-17-. The predicted octanol–water partition coefficient (Wildman–Crippen LogP) is 4.55. The molecule has 0 spiro atoms. The number of para-hydroxylation sites is 1. The normalized spacial score (nSPS) is 15.2. The third-order valence-electron chi connectivity index (χ3n) is 4.54. The van der Waals surface area contributed by atoms with Gasteiger partial charge in [0.1, 0.15) is 16.7 Å². The Balaban J connectivity index is 1.85. The Labute approximate surface area is 171 Å². The number of aromatic amines is 1. The number of aryl methyl sites for hydroxylation is 1. The van der Waals surface area contributed by atoms with E-state index >= 15 is 0 Å². The number of carbonyl (C=O) groups excluding carboxylic acids is 2. The number of benzene rings is 2. The number of nitrogens with one attached hydrogen (secondary N) is 1. The number of ketones is 2. The second-order valence-electron chi connectivity index (χ2n) is 6.58. The second kappa shape index (κ2) is 7.41. The molecule has 7 heteroatoms. The Morgan fingerprint density at radius 2 is 1.86 bits per heavy atom. The summed E-state index contributed by atoms with van der Waals surface area (Å²) in [4.78, 5) is 28.3. The molecule has 0 amide bonds. The molecule has 0 aliphatic carbocycles. The van der Waals surface area contributed by atoms with Gasteiger partial charge in [-0.1, -0.05) is 35.9 Å². The summed E-state index contributed by atoms with van der Waals surface area (Å²) in [6.45, 7) is 3.38. The maximum absolute atomic E-state index is 13.3. The summed E-state index contributed by atoms with van der Waals surface area (Å²) in [6, 6.07) is 16.9. The molecule has 2 heterocycles. The molecule has 0 saturated heterocycles. The van der Waals surface area contributed by atoms with Gasteiger partial charge in [-0.3, -0.25) is 9.59 Å². The number of rotatable bonds is 4. The van der Waals surface area contributed by atoms with Gasteiger partial charge in [0.15, 0.2) is 10.8 Å². The Morgan fingerprint density at radius 1 is 1.14 bits per heavy atom. The van der Waals surface area contributed by atoms with Crippen LogP contribution < -0.4 is 5.01 Å². The van der Waals surface area contributed by atoms with Crippen molar-refractivity contribution in [3.8, 4) is 6.07 Å². The molecule has 2 aromatic carbocycles. The summed E-state index contributed by atoms with van der Waals surface area (Å²) < 4.78 is 0. The number of fused-ring (bicyclic) bond motifs is 1. The molecule has 4 rings (SSSR count). The first-order valence-electron chi connectivity index (χ1n) is 8.89. The van der Waals surface area contributed by atoms with Crippen LogP contribution in [0.1, 0.15) is 22.8 Å². The third-order valence-corrected chi connectivity index (χ3v) is 5.68. The van der Waals surface area contributed by atoms with Gasteiger partial charge >= 0.3 is 0 Å². The smallest absolute Gasteiger partial charge is 0.208 e. The Hall–Kier alpha value is -3.63. The summed E-state index contributed by atoms with van der Waals surface area (Å²) in [6.07, 6.45) is 1.60. The largest absolute Gasteiger partial charge is 0.360 e. The van der Waals surface area contributed by atoms with Crippen molar-refractivity contribution in [3.63, 3.8) is 0 Å². The molecule has 1 N–H and O–H groups in total. The van der Waals surface area contributed by atoms with Crippen molar-refractivity contribution in [3.05, 3.63) is 76.5 Å². The first-order chi connectivity index (χ1) is 14.0. The van der Waals surface area contributed by atoms with Gasteiger partial charge in [-0.25, -0.2) is 5.01 Å². The van der Waals surface area contributed by atoms with Crippen LogP contribution in [-0.2, 0) is 4.79 Å². The fraction of sp³-hybridized carbons (Fsp3) is 0.0909. The number of allylic oxidation sites excluding steroid dienone is 1. The lowest BCUT2D eigenvalue weighted by Gasteiger charge is -2.16. The average molecular weight is 400 g/mol. The first-order valence-corrected chi connectivity index (χ1v) is 9.70. The molecule has 0 bridgehead atoms. The zero-order chi connectivity index (χ0) is 20.5. The van der Waals surface area contributed by atoms with Crippen molar-refractivity contribution < 1.29 is 9.59 Å². The lowest BCUT2D eigenvalue weighted by molar-refractivity contribution is -0.110. The third kappa shape index (κ3) is 3.35. The molecule has 29 heavy (non-hydrogen) atoms. The molecule has 0 atom stereocenters. The van der Waals surface area contributed by atoms with Gasteiger partial charge < -0.3 is 4.98 Å². The molecule has 3 aromatic rings. The van der Waals surface area contributed by atoms with Gasteiger partial charge in [-0.15, -0.1) is 0 Å². The van der Waals surface area contributed by atoms with E-state index in [1.807, 2.05) is 61.5 Å². The van der Waals surface area contributed by atoms with Crippen molar-refractivity contribution in [1.82, 2.24) is 4.98 Å². The second-order valence-corrected chi connectivity index (χ2v) is 7.56. The number of aromatic nitrogens is 1. The number of hydrogen-bond acceptors (Lipinski definition) is 6. The molecule has 0 saturated carbocycles. The SMILES string of the molecule is CC(=O)C1=NN(c2ccc(C)cc2)/C(=C(\C#N)C(=O)c2c[nH]c3ccccc23)S1. The Kier molecular flexibility index (Phi) is 4.79. The topological polar surface area (TPSA) is 89.3 Å². The number of thioether (sulfide) groups is 1. The van der Waals surface area contributed by atoms with E-state index in [1.54, 1.807) is 6.20 Å². The lowest BCUT2D eigenvalue weighted by Crippen LogP contribution is -2.15.